The fourth-order valence-electron chi connectivity index (χ4n) is 2.64. The first-order valence-corrected chi connectivity index (χ1v) is 9.70. The minimum atomic E-state index is -3.44. The molecule has 0 heterocycles. The zero-order valence-corrected chi connectivity index (χ0v) is 14.1. The molecule has 2 atom stereocenters. The van der Waals surface area contributed by atoms with Gasteiger partial charge in [0, 0.05) is 11.3 Å². The van der Waals surface area contributed by atoms with Crippen LogP contribution in [0.5, 0.6) is 0 Å². The van der Waals surface area contributed by atoms with Gasteiger partial charge in [0.25, 0.3) is 0 Å². The lowest BCUT2D eigenvalue weighted by Gasteiger charge is -2.17. The normalized spacial score (nSPS) is 22.4. The number of nitrogens with one attached hydrogen (secondary N) is 2. The van der Waals surface area contributed by atoms with Gasteiger partial charge in [-0.3, -0.25) is 0 Å². The van der Waals surface area contributed by atoms with Crippen molar-refractivity contribution in [2.24, 2.45) is 0 Å². The predicted molar refractivity (Wildman–Crippen MR) is 90.3 cm³/mol. The first-order valence-electron chi connectivity index (χ1n) is 7.17. The first-order chi connectivity index (χ1) is 9.96. The minimum Gasteiger partial charge on any atom is -0.397 e. The average Bonchev–Trinajstić information content (AvgIpc) is 2.89. The molecule has 0 amide bonds. The molecule has 7 heteroatoms. The third kappa shape index (κ3) is 4.05. The zero-order valence-electron chi connectivity index (χ0n) is 12.4. The summed E-state index contributed by atoms with van der Waals surface area (Å²) in [4.78, 5) is 0.193. The Hall–Kier alpha value is -0.920. The van der Waals surface area contributed by atoms with Gasteiger partial charge in [-0.2, -0.15) is 11.8 Å². The van der Waals surface area contributed by atoms with Gasteiger partial charge in [0.05, 0.1) is 16.3 Å². The summed E-state index contributed by atoms with van der Waals surface area (Å²) >= 11 is 2.01. The molecular formula is C14H23N3O2S2. The van der Waals surface area contributed by atoms with E-state index in [0.29, 0.717) is 11.7 Å². The van der Waals surface area contributed by atoms with Crippen LogP contribution in [-0.2, 0) is 10.0 Å². The van der Waals surface area contributed by atoms with E-state index in [0.717, 1.165) is 29.5 Å². The standard InChI is InChI=1S/C14H23N3O2S2/c1-3-20-11-5-4-10(8-11)17-14-7-6-12(9-13(14)15)21(18,19)16-2/h6-7,9-11,16-17H,3-5,8,15H2,1-2H3. The Labute approximate surface area is 131 Å². The van der Waals surface area contributed by atoms with Crippen LogP contribution >= 0.6 is 11.8 Å². The Morgan fingerprint density at radius 1 is 1.38 bits per heavy atom. The van der Waals surface area contributed by atoms with E-state index in [1.54, 1.807) is 12.1 Å². The lowest BCUT2D eigenvalue weighted by atomic mass is 10.2. The van der Waals surface area contributed by atoms with Gasteiger partial charge < -0.3 is 11.1 Å². The monoisotopic (exact) mass is 329 g/mol. The summed E-state index contributed by atoms with van der Waals surface area (Å²) in [5, 5.41) is 4.16. The van der Waals surface area contributed by atoms with Crippen LogP contribution in [0.4, 0.5) is 11.4 Å². The second-order valence-corrected chi connectivity index (χ2v) is 8.65. The second-order valence-electron chi connectivity index (χ2n) is 5.19. The van der Waals surface area contributed by atoms with Crippen LogP contribution in [0.2, 0.25) is 0 Å². The third-order valence-corrected chi connectivity index (χ3v) is 6.39. The number of benzene rings is 1. The molecule has 1 aliphatic carbocycles. The van der Waals surface area contributed by atoms with E-state index in [1.807, 2.05) is 11.8 Å². The minimum absolute atomic E-state index is 0.193. The molecule has 1 aromatic rings. The maximum Gasteiger partial charge on any atom is 0.240 e. The average molecular weight is 329 g/mol. The third-order valence-electron chi connectivity index (χ3n) is 3.75. The van der Waals surface area contributed by atoms with E-state index >= 15 is 0 Å². The molecule has 1 aliphatic rings. The van der Waals surface area contributed by atoms with Crippen molar-refractivity contribution in [2.75, 3.05) is 23.9 Å². The fourth-order valence-corrected chi connectivity index (χ4v) is 4.54. The maximum atomic E-state index is 11.7. The number of rotatable bonds is 6. The van der Waals surface area contributed by atoms with Gasteiger partial charge >= 0.3 is 0 Å². The van der Waals surface area contributed by atoms with Crippen molar-refractivity contribution in [2.45, 2.75) is 42.4 Å². The molecule has 0 aromatic heterocycles. The van der Waals surface area contributed by atoms with E-state index in [2.05, 4.69) is 17.0 Å². The molecule has 21 heavy (non-hydrogen) atoms. The SMILES string of the molecule is CCSC1CCC(Nc2ccc(S(=O)(=O)NC)cc2N)C1. The fraction of sp³-hybridized carbons (Fsp3) is 0.571. The topological polar surface area (TPSA) is 84.2 Å². The van der Waals surface area contributed by atoms with Crippen molar-refractivity contribution >= 4 is 33.2 Å². The Balaban J connectivity index is 2.05. The number of sulfonamides is 1. The number of nitrogens with two attached hydrogens (primary N) is 1. The van der Waals surface area contributed by atoms with Crippen LogP contribution < -0.4 is 15.8 Å². The Morgan fingerprint density at radius 2 is 2.14 bits per heavy atom. The molecule has 0 bridgehead atoms. The van der Waals surface area contributed by atoms with E-state index in [4.69, 9.17) is 5.73 Å². The number of hydrogen-bond donors (Lipinski definition) is 3. The highest BCUT2D eigenvalue weighted by atomic mass is 32.2. The predicted octanol–water partition coefficient (Wildman–Crippen LogP) is 2.26. The summed E-state index contributed by atoms with van der Waals surface area (Å²) in [5.74, 6) is 1.15. The molecule has 2 unspecified atom stereocenters. The molecule has 4 N–H and O–H groups in total. The highest BCUT2D eigenvalue weighted by Crippen LogP contribution is 2.33. The van der Waals surface area contributed by atoms with Gasteiger partial charge in [0.2, 0.25) is 10.0 Å². The Bertz CT molecular complexity index is 590. The number of thioether (sulfide) groups is 1. The molecule has 5 nitrogen and oxygen atoms in total. The van der Waals surface area contributed by atoms with Gasteiger partial charge in [-0.25, -0.2) is 13.1 Å². The van der Waals surface area contributed by atoms with Gasteiger partial charge in [0.1, 0.15) is 0 Å². The number of hydrogen-bond acceptors (Lipinski definition) is 5. The number of nitrogen functional groups attached to an aromatic ring is 1. The van der Waals surface area contributed by atoms with Crippen molar-refractivity contribution in [3.63, 3.8) is 0 Å². The van der Waals surface area contributed by atoms with Crippen molar-refractivity contribution < 1.29 is 8.42 Å². The van der Waals surface area contributed by atoms with Crippen LogP contribution in [0.25, 0.3) is 0 Å². The molecule has 0 saturated heterocycles. The summed E-state index contributed by atoms with van der Waals surface area (Å²) in [6.45, 7) is 2.18. The smallest absolute Gasteiger partial charge is 0.240 e. The van der Waals surface area contributed by atoms with E-state index in [-0.39, 0.29) is 4.90 Å². The number of anilines is 2. The van der Waals surface area contributed by atoms with Crippen molar-refractivity contribution in [1.29, 1.82) is 0 Å². The van der Waals surface area contributed by atoms with Gasteiger partial charge in [-0.1, -0.05) is 6.92 Å². The molecule has 1 aromatic carbocycles. The molecule has 1 saturated carbocycles. The highest BCUT2D eigenvalue weighted by molar-refractivity contribution is 7.99. The molecule has 2 rings (SSSR count). The summed E-state index contributed by atoms with van der Waals surface area (Å²) in [6.07, 6.45) is 3.49. The lowest BCUT2D eigenvalue weighted by molar-refractivity contribution is 0.588. The van der Waals surface area contributed by atoms with Gasteiger partial charge in [-0.05, 0) is 50.3 Å². The van der Waals surface area contributed by atoms with E-state index in [9.17, 15) is 8.42 Å². The van der Waals surface area contributed by atoms with E-state index < -0.39 is 10.0 Å². The second kappa shape index (κ2) is 6.89. The zero-order chi connectivity index (χ0) is 15.5. The molecule has 0 aliphatic heterocycles. The molecule has 0 radical (unpaired) electrons. The summed E-state index contributed by atoms with van der Waals surface area (Å²) in [6, 6.07) is 5.25. The van der Waals surface area contributed by atoms with Crippen molar-refractivity contribution in [3.05, 3.63) is 18.2 Å². The maximum absolute atomic E-state index is 11.7. The van der Waals surface area contributed by atoms with Crippen LogP contribution in [0, 0.1) is 0 Å². The van der Waals surface area contributed by atoms with Crippen LogP contribution in [-0.4, -0.2) is 32.5 Å². The van der Waals surface area contributed by atoms with Crippen LogP contribution in [0.15, 0.2) is 23.1 Å². The van der Waals surface area contributed by atoms with E-state index in [1.165, 1.54) is 19.5 Å². The van der Waals surface area contributed by atoms with Crippen molar-refractivity contribution in [3.8, 4) is 0 Å². The summed E-state index contributed by atoms with van der Waals surface area (Å²) < 4.78 is 25.8. The van der Waals surface area contributed by atoms with Crippen LogP contribution in [0.3, 0.4) is 0 Å². The summed E-state index contributed by atoms with van der Waals surface area (Å²) in [5.41, 5.74) is 7.27. The Kier molecular flexibility index (Phi) is 5.40. The van der Waals surface area contributed by atoms with Crippen molar-refractivity contribution in [1.82, 2.24) is 4.72 Å². The first kappa shape index (κ1) is 16.5. The molecule has 0 spiro atoms. The van der Waals surface area contributed by atoms with Gasteiger partial charge in [-0.15, -0.1) is 0 Å². The molecule has 1 fully saturated rings. The largest absolute Gasteiger partial charge is 0.397 e. The van der Waals surface area contributed by atoms with Gasteiger partial charge in [0.15, 0.2) is 0 Å². The van der Waals surface area contributed by atoms with Crippen LogP contribution in [0.1, 0.15) is 26.2 Å². The summed E-state index contributed by atoms with van der Waals surface area (Å²) in [7, 11) is -2.05. The lowest BCUT2D eigenvalue weighted by Crippen LogP contribution is -2.20. The Morgan fingerprint density at radius 3 is 2.76 bits per heavy atom. The molecular weight excluding hydrogens is 306 g/mol. The quantitative estimate of drug-likeness (QED) is 0.697. The molecule has 118 valence electrons. The highest BCUT2D eigenvalue weighted by Gasteiger charge is 2.25.